The molecule has 1 aromatic carbocycles. The zero-order valence-electron chi connectivity index (χ0n) is 18.5. The van der Waals surface area contributed by atoms with Gasteiger partial charge in [-0.2, -0.15) is 5.26 Å². The van der Waals surface area contributed by atoms with E-state index in [4.69, 9.17) is 9.72 Å². The van der Waals surface area contributed by atoms with Crippen molar-refractivity contribution in [2.45, 2.75) is 38.1 Å². The third kappa shape index (κ3) is 4.83. The molecule has 1 saturated carbocycles. The molecule has 2 aromatic rings. The number of aromatic nitrogens is 1. The fourth-order valence-electron chi connectivity index (χ4n) is 4.15. The molecule has 1 saturated heterocycles. The molecule has 4 rings (SSSR count). The average Bonchev–Trinajstić information content (AvgIpc) is 3.64. The van der Waals surface area contributed by atoms with E-state index in [0.29, 0.717) is 50.0 Å². The number of nitrogens with zero attached hydrogens (tertiary/aromatic N) is 4. The molecule has 0 spiro atoms. The second kappa shape index (κ2) is 9.53. The Morgan fingerprint density at radius 2 is 2.06 bits per heavy atom. The Balaban J connectivity index is 1.57. The third-order valence-electron chi connectivity index (χ3n) is 6.01. The number of piperazine rings is 1. The van der Waals surface area contributed by atoms with Crippen molar-refractivity contribution in [1.82, 2.24) is 9.88 Å². The highest BCUT2D eigenvalue weighted by atomic mass is 19.1. The standard InChI is InChI=1S/C24H28FN5O2/c1-16-15-29(10-11-30(16)22(31)9-12-32-2)24-18(14-26)13-21(23(28-24)17-3-4-17)27-20-7-5-19(25)6-8-20/h5-8,13,16-17,27H,3-4,9-12,15H2,1-2H3. The molecule has 168 valence electrons. The first-order valence-corrected chi connectivity index (χ1v) is 11.0. The first-order valence-electron chi connectivity index (χ1n) is 11.0. The number of amides is 1. The highest BCUT2D eigenvalue weighted by molar-refractivity contribution is 5.77. The number of pyridine rings is 1. The molecule has 1 aromatic heterocycles. The summed E-state index contributed by atoms with van der Waals surface area (Å²) in [7, 11) is 1.59. The van der Waals surface area contributed by atoms with Crippen molar-refractivity contribution in [3.63, 3.8) is 0 Å². The fraction of sp³-hybridized carbons (Fsp3) is 0.458. The predicted molar refractivity (Wildman–Crippen MR) is 120 cm³/mol. The second-order valence-corrected chi connectivity index (χ2v) is 8.44. The molecular weight excluding hydrogens is 409 g/mol. The van der Waals surface area contributed by atoms with Crippen molar-refractivity contribution in [3.05, 3.63) is 47.4 Å². The Bertz CT molecular complexity index is 1020. The van der Waals surface area contributed by atoms with E-state index in [1.807, 2.05) is 17.9 Å². The molecule has 0 radical (unpaired) electrons. The normalized spacial score (nSPS) is 18.4. The summed E-state index contributed by atoms with van der Waals surface area (Å²) in [5.74, 6) is 0.830. The van der Waals surface area contributed by atoms with Crippen molar-refractivity contribution >= 4 is 23.1 Å². The first kappa shape index (κ1) is 22.0. The van der Waals surface area contributed by atoms with Gasteiger partial charge in [0.15, 0.2) is 0 Å². The molecule has 8 heteroatoms. The first-order chi connectivity index (χ1) is 15.5. The van der Waals surface area contributed by atoms with Gasteiger partial charge in [-0.3, -0.25) is 4.79 Å². The number of nitriles is 1. The van der Waals surface area contributed by atoms with Crippen LogP contribution in [-0.2, 0) is 9.53 Å². The van der Waals surface area contributed by atoms with Crippen LogP contribution in [0.1, 0.15) is 43.4 Å². The summed E-state index contributed by atoms with van der Waals surface area (Å²) >= 11 is 0. The van der Waals surface area contributed by atoms with E-state index in [2.05, 4.69) is 16.3 Å². The number of carbonyl (C=O) groups is 1. The van der Waals surface area contributed by atoms with Gasteiger partial charge < -0.3 is 19.9 Å². The van der Waals surface area contributed by atoms with E-state index in [9.17, 15) is 14.4 Å². The van der Waals surface area contributed by atoms with Gasteiger partial charge in [-0.1, -0.05) is 0 Å². The maximum absolute atomic E-state index is 13.3. The van der Waals surface area contributed by atoms with Gasteiger partial charge in [0.1, 0.15) is 17.7 Å². The van der Waals surface area contributed by atoms with E-state index in [0.717, 1.165) is 29.9 Å². The molecule has 1 aliphatic heterocycles. The lowest BCUT2D eigenvalue weighted by Crippen LogP contribution is -2.54. The molecule has 1 amide bonds. The van der Waals surface area contributed by atoms with Crippen LogP contribution in [0.15, 0.2) is 30.3 Å². The van der Waals surface area contributed by atoms with Gasteiger partial charge in [0.2, 0.25) is 5.91 Å². The van der Waals surface area contributed by atoms with E-state index in [1.54, 1.807) is 19.2 Å². The van der Waals surface area contributed by atoms with E-state index in [-0.39, 0.29) is 17.8 Å². The summed E-state index contributed by atoms with van der Waals surface area (Å²) in [5, 5.41) is 13.2. The molecule has 2 heterocycles. The van der Waals surface area contributed by atoms with Crippen LogP contribution in [0.3, 0.4) is 0 Å². The van der Waals surface area contributed by atoms with Crippen molar-refractivity contribution < 1.29 is 13.9 Å². The van der Waals surface area contributed by atoms with E-state index < -0.39 is 0 Å². The highest BCUT2D eigenvalue weighted by Crippen LogP contribution is 2.44. The summed E-state index contributed by atoms with van der Waals surface area (Å²) < 4.78 is 18.3. The molecule has 32 heavy (non-hydrogen) atoms. The van der Waals surface area contributed by atoms with Crippen molar-refractivity contribution in [3.8, 4) is 6.07 Å². The summed E-state index contributed by atoms with van der Waals surface area (Å²) in [5.41, 5.74) is 2.98. The number of carbonyl (C=O) groups excluding carboxylic acids is 1. The number of methoxy groups -OCH3 is 1. The number of hydrogen-bond donors (Lipinski definition) is 1. The van der Waals surface area contributed by atoms with Crippen LogP contribution in [0.2, 0.25) is 0 Å². The maximum atomic E-state index is 13.3. The minimum Gasteiger partial charge on any atom is -0.384 e. The lowest BCUT2D eigenvalue weighted by molar-refractivity contribution is -0.134. The zero-order chi connectivity index (χ0) is 22.7. The van der Waals surface area contributed by atoms with Gasteiger partial charge in [0.25, 0.3) is 0 Å². The Morgan fingerprint density at radius 1 is 1.31 bits per heavy atom. The number of hydrogen-bond acceptors (Lipinski definition) is 6. The predicted octanol–water partition coefficient (Wildman–Crippen LogP) is 3.79. The highest BCUT2D eigenvalue weighted by Gasteiger charge is 2.32. The van der Waals surface area contributed by atoms with Crippen molar-refractivity contribution in [2.75, 3.05) is 43.6 Å². The molecule has 2 fully saturated rings. The summed E-state index contributed by atoms with van der Waals surface area (Å²) in [4.78, 5) is 21.4. The van der Waals surface area contributed by atoms with Crippen LogP contribution < -0.4 is 10.2 Å². The smallest absolute Gasteiger partial charge is 0.225 e. The van der Waals surface area contributed by atoms with Gasteiger partial charge >= 0.3 is 0 Å². The molecule has 1 atom stereocenters. The minimum absolute atomic E-state index is 0.0165. The quantitative estimate of drug-likeness (QED) is 0.710. The van der Waals surface area contributed by atoms with Crippen LogP contribution in [0, 0.1) is 17.1 Å². The van der Waals surface area contributed by atoms with Crippen LogP contribution >= 0.6 is 0 Å². The lowest BCUT2D eigenvalue weighted by atomic mass is 10.1. The van der Waals surface area contributed by atoms with Gasteiger partial charge in [0, 0.05) is 44.4 Å². The van der Waals surface area contributed by atoms with Gasteiger partial charge in [0.05, 0.1) is 30.0 Å². The fourth-order valence-corrected chi connectivity index (χ4v) is 4.15. The Hall–Kier alpha value is -3.18. The number of rotatable bonds is 7. The SMILES string of the molecule is COCCC(=O)N1CCN(c2nc(C3CC3)c(Nc3ccc(F)cc3)cc2C#N)CC1C. The Labute approximate surface area is 187 Å². The van der Waals surface area contributed by atoms with Gasteiger partial charge in [-0.15, -0.1) is 0 Å². The molecule has 1 N–H and O–H groups in total. The minimum atomic E-state index is -0.293. The number of benzene rings is 1. The number of halogens is 1. The van der Waals surface area contributed by atoms with Crippen LogP contribution in [0.25, 0.3) is 0 Å². The second-order valence-electron chi connectivity index (χ2n) is 8.44. The van der Waals surface area contributed by atoms with Crippen molar-refractivity contribution in [1.29, 1.82) is 5.26 Å². The number of ether oxygens (including phenoxy) is 1. The largest absolute Gasteiger partial charge is 0.384 e. The summed E-state index contributed by atoms with van der Waals surface area (Å²) in [6, 6.07) is 10.3. The van der Waals surface area contributed by atoms with Crippen LogP contribution in [0.5, 0.6) is 0 Å². The molecule has 2 aliphatic rings. The molecule has 7 nitrogen and oxygen atoms in total. The third-order valence-corrected chi connectivity index (χ3v) is 6.01. The number of anilines is 3. The summed E-state index contributed by atoms with van der Waals surface area (Å²) in [6.45, 7) is 4.27. The van der Waals surface area contributed by atoms with Crippen LogP contribution in [0.4, 0.5) is 21.6 Å². The van der Waals surface area contributed by atoms with E-state index in [1.165, 1.54) is 12.1 Å². The number of nitrogens with one attached hydrogen (secondary N) is 1. The monoisotopic (exact) mass is 437 g/mol. The van der Waals surface area contributed by atoms with Crippen molar-refractivity contribution in [2.24, 2.45) is 0 Å². The Kier molecular flexibility index (Phi) is 6.56. The Morgan fingerprint density at radius 3 is 2.69 bits per heavy atom. The summed E-state index contributed by atoms with van der Waals surface area (Å²) in [6.07, 6.45) is 2.50. The molecule has 1 unspecified atom stereocenters. The van der Waals surface area contributed by atoms with Crippen LogP contribution in [-0.4, -0.2) is 55.2 Å². The lowest BCUT2D eigenvalue weighted by Gasteiger charge is -2.41. The van der Waals surface area contributed by atoms with Gasteiger partial charge in [-0.25, -0.2) is 9.37 Å². The maximum Gasteiger partial charge on any atom is 0.225 e. The zero-order valence-corrected chi connectivity index (χ0v) is 18.5. The molecule has 1 aliphatic carbocycles. The topological polar surface area (TPSA) is 81.5 Å². The van der Waals surface area contributed by atoms with E-state index >= 15 is 0 Å². The van der Waals surface area contributed by atoms with Gasteiger partial charge in [-0.05, 0) is 50.1 Å². The average molecular weight is 438 g/mol. The molecule has 0 bridgehead atoms. The molecular formula is C24H28FN5O2.